The van der Waals surface area contributed by atoms with Gasteiger partial charge in [0, 0.05) is 12.6 Å². The first-order chi connectivity index (χ1) is 4.47. The van der Waals surface area contributed by atoms with E-state index in [4.69, 9.17) is 4.84 Å². The Balaban J connectivity index is 2.29. The van der Waals surface area contributed by atoms with E-state index in [2.05, 4.69) is 11.5 Å². The fourth-order valence-corrected chi connectivity index (χ4v) is 0.783. The number of nitrogens with zero attached hydrogens (tertiary/aromatic N) is 2. The molecule has 0 aromatic carbocycles. The highest BCUT2D eigenvalue weighted by Crippen LogP contribution is 2.13. The van der Waals surface area contributed by atoms with Crippen molar-refractivity contribution in [3.05, 3.63) is 24.1 Å². The molecule has 45 valence electrons. The highest BCUT2D eigenvalue weighted by Gasteiger charge is 2.15. The van der Waals surface area contributed by atoms with E-state index in [9.17, 15) is 0 Å². The monoisotopic (exact) mass is 121 g/mol. The van der Waals surface area contributed by atoms with Crippen LogP contribution in [0.4, 0.5) is 0 Å². The van der Waals surface area contributed by atoms with Crippen LogP contribution in [-0.2, 0) is 4.84 Å². The number of hydrogen-bond donors (Lipinski definition) is 0. The number of rotatable bonds is 0. The molecule has 0 aromatic heterocycles. The van der Waals surface area contributed by atoms with Gasteiger partial charge in [0.2, 0.25) is 12.2 Å². The van der Waals surface area contributed by atoms with Gasteiger partial charge in [-0.2, -0.15) is 0 Å². The third-order valence-electron chi connectivity index (χ3n) is 1.23. The van der Waals surface area contributed by atoms with Gasteiger partial charge < -0.3 is 4.84 Å². The Hall–Kier alpha value is -1.25. The van der Waals surface area contributed by atoms with Crippen LogP contribution in [0.1, 0.15) is 0 Å². The van der Waals surface area contributed by atoms with Crippen molar-refractivity contribution in [1.82, 2.24) is 4.90 Å². The highest BCUT2D eigenvalue weighted by molar-refractivity contribution is 5.59. The topological polar surface area (TPSA) is 24.8 Å². The summed E-state index contributed by atoms with van der Waals surface area (Å²) in [5.41, 5.74) is 0. The Bertz CT molecular complexity index is 205. The van der Waals surface area contributed by atoms with Crippen LogP contribution in [-0.4, -0.2) is 17.8 Å². The Morgan fingerprint density at radius 3 is 3.67 bits per heavy atom. The SMILES string of the molecule is [C]1=NOC2=CC=CCN12. The van der Waals surface area contributed by atoms with Crippen LogP contribution in [0.2, 0.25) is 0 Å². The van der Waals surface area contributed by atoms with Crippen LogP contribution in [0.15, 0.2) is 29.3 Å². The van der Waals surface area contributed by atoms with Crippen LogP contribution in [0.5, 0.6) is 0 Å². The summed E-state index contributed by atoms with van der Waals surface area (Å²) in [5.74, 6) is 0.762. The summed E-state index contributed by atoms with van der Waals surface area (Å²) in [4.78, 5) is 6.61. The van der Waals surface area contributed by atoms with E-state index < -0.39 is 0 Å². The predicted molar refractivity (Wildman–Crippen MR) is 32.4 cm³/mol. The van der Waals surface area contributed by atoms with Gasteiger partial charge in [0.05, 0.1) is 0 Å². The summed E-state index contributed by atoms with van der Waals surface area (Å²) in [7, 11) is 0. The first kappa shape index (κ1) is 4.61. The average Bonchev–Trinajstić information content (AvgIpc) is 2.33. The molecule has 0 bridgehead atoms. The molecular weight excluding hydrogens is 116 g/mol. The summed E-state index contributed by atoms with van der Waals surface area (Å²) in [6, 6.07) is 0. The van der Waals surface area contributed by atoms with Crippen molar-refractivity contribution in [3.63, 3.8) is 0 Å². The van der Waals surface area contributed by atoms with Gasteiger partial charge in [0.1, 0.15) is 0 Å². The van der Waals surface area contributed by atoms with E-state index in [0.29, 0.717) is 0 Å². The number of fused-ring (bicyclic) bond motifs is 1. The Kier molecular flexibility index (Phi) is 0.828. The molecule has 2 heterocycles. The third kappa shape index (κ3) is 0.614. The molecule has 0 unspecified atom stereocenters. The van der Waals surface area contributed by atoms with E-state index in [1.165, 1.54) is 0 Å². The van der Waals surface area contributed by atoms with E-state index >= 15 is 0 Å². The first-order valence-corrected chi connectivity index (χ1v) is 2.74. The van der Waals surface area contributed by atoms with Crippen LogP contribution < -0.4 is 0 Å². The van der Waals surface area contributed by atoms with Gasteiger partial charge in [-0.3, -0.25) is 4.90 Å². The molecule has 0 amide bonds. The van der Waals surface area contributed by atoms with Crippen molar-refractivity contribution in [1.29, 1.82) is 0 Å². The second-order valence-electron chi connectivity index (χ2n) is 1.83. The minimum absolute atomic E-state index is 0.762. The fourth-order valence-electron chi connectivity index (χ4n) is 0.783. The van der Waals surface area contributed by atoms with Gasteiger partial charge in [-0.05, 0) is 0 Å². The molecule has 3 nitrogen and oxygen atoms in total. The van der Waals surface area contributed by atoms with E-state index in [1.807, 2.05) is 18.2 Å². The molecule has 0 fully saturated rings. The lowest BCUT2D eigenvalue weighted by Crippen LogP contribution is -2.18. The number of allylic oxidation sites excluding steroid dienone is 2. The third-order valence-corrected chi connectivity index (χ3v) is 1.23. The Morgan fingerprint density at radius 1 is 1.78 bits per heavy atom. The molecule has 0 aliphatic carbocycles. The van der Waals surface area contributed by atoms with Crippen LogP contribution in [0.25, 0.3) is 0 Å². The molecule has 3 heteroatoms. The molecular formula is C6H5N2O. The van der Waals surface area contributed by atoms with Crippen molar-refractivity contribution in [2.24, 2.45) is 5.16 Å². The summed E-state index contributed by atoms with van der Waals surface area (Å²) in [6.45, 7) is 0.815. The smallest absolute Gasteiger partial charge is 0.231 e. The molecule has 0 N–H and O–H groups in total. The fraction of sp³-hybridized carbons (Fsp3) is 0.167. The Labute approximate surface area is 52.9 Å². The summed E-state index contributed by atoms with van der Waals surface area (Å²) < 4.78 is 0. The van der Waals surface area contributed by atoms with E-state index in [0.717, 1.165) is 12.4 Å². The number of hydrogen-bond acceptors (Lipinski definition) is 3. The molecule has 2 aliphatic heterocycles. The minimum atomic E-state index is 0.762. The lowest BCUT2D eigenvalue weighted by molar-refractivity contribution is 0.200. The molecule has 0 saturated heterocycles. The lowest BCUT2D eigenvalue weighted by Gasteiger charge is -2.11. The molecule has 0 saturated carbocycles. The Morgan fingerprint density at radius 2 is 2.78 bits per heavy atom. The second kappa shape index (κ2) is 1.62. The summed E-state index contributed by atoms with van der Waals surface area (Å²) in [6.07, 6.45) is 8.48. The van der Waals surface area contributed by atoms with Crippen LogP contribution in [0, 0.1) is 0 Å². The van der Waals surface area contributed by atoms with Gasteiger partial charge in [0.15, 0.2) is 0 Å². The van der Waals surface area contributed by atoms with Crippen molar-refractivity contribution < 1.29 is 4.84 Å². The lowest BCUT2D eigenvalue weighted by atomic mass is 10.3. The van der Waals surface area contributed by atoms with Gasteiger partial charge in [-0.25, -0.2) is 0 Å². The van der Waals surface area contributed by atoms with Gasteiger partial charge in [-0.15, -0.1) is 0 Å². The molecule has 0 spiro atoms. The molecule has 2 rings (SSSR count). The maximum absolute atomic E-state index is 4.81. The zero-order valence-corrected chi connectivity index (χ0v) is 4.74. The van der Waals surface area contributed by atoms with E-state index in [1.54, 1.807) is 4.90 Å². The van der Waals surface area contributed by atoms with Gasteiger partial charge >= 0.3 is 0 Å². The quantitative estimate of drug-likeness (QED) is 0.467. The van der Waals surface area contributed by atoms with Gasteiger partial charge in [-0.1, -0.05) is 17.3 Å². The maximum Gasteiger partial charge on any atom is 0.231 e. The largest absolute Gasteiger partial charge is 0.336 e. The highest BCUT2D eigenvalue weighted by atomic mass is 16.7. The van der Waals surface area contributed by atoms with Crippen molar-refractivity contribution >= 4 is 6.34 Å². The predicted octanol–water partition coefficient (Wildman–Crippen LogP) is 0.550. The molecule has 2 aliphatic rings. The first-order valence-electron chi connectivity index (χ1n) is 2.74. The molecule has 0 aromatic rings. The zero-order valence-electron chi connectivity index (χ0n) is 4.74. The molecule has 9 heavy (non-hydrogen) atoms. The van der Waals surface area contributed by atoms with Crippen molar-refractivity contribution in [2.75, 3.05) is 6.54 Å². The normalized spacial score (nSPS) is 21.3. The second-order valence-corrected chi connectivity index (χ2v) is 1.83. The summed E-state index contributed by atoms with van der Waals surface area (Å²) >= 11 is 0. The maximum atomic E-state index is 4.81. The van der Waals surface area contributed by atoms with E-state index in [-0.39, 0.29) is 0 Å². The zero-order chi connectivity index (χ0) is 6.10. The van der Waals surface area contributed by atoms with Crippen LogP contribution >= 0.6 is 0 Å². The molecule has 0 atom stereocenters. The van der Waals surface area contributed by atoms with Gasteiger partial charge in [0.25, 0.3) is 0 Å². The van der Waals surface area contributed by atoms with Crippen molar-refractivity contribution in [3.8, 4) is 0 Å². The average molecular weight is 121 g/mol. The van der Waals surface area contributed by atoms with Crippen molar-refractivity contribution in [2.45, 2.75) is 0 Å². The molecule has 1 radical (unpaired) electrons. The van der Waals surface area contributed by atoms with Crippen LogP contribution in [0.3, 0.4) is 0 Å². The minimum Gasteiger partial charge on any atom is -0.336 e. The standard InChI is InChI=1S/C6H5N2O/c1-2-4-8-5-7-9-6(8)3-1/h1-3H,4H2. The summed E-state index contributed by atoms with van der Waals surface area (Å²) in [5, 5.41) is 3.50.